The highest BCUT2D eigenvalue weighted by molar-refractivity contribution is 7.91. The smallest absolute Gasteiger partial charge is 0.298 e. The van der Waals surface area contributed by atoms with Gasteiger partial charge in [0.15, 0.2) is 9.84 Å². The van der Waals surface area contributed by atoms with E-state index in [2.05, 4.69) is 16.8 Å². The average Bonchev–Trinajstić information content (AvgIpc) is 3.44. The third-order valence-corrected chi connectivity index (χ3v) is 8.79. The van der Waals surface area contributed by atoms with Crippen LogP contribution in [0.4, 0.5) is 0 Å². The normalized spacial score (nSPS) is 20.4. The summed E-state index contributed by atoms with van der Waals surface area (Å²) < 4.78 is 23.4. The molecule has 2 aliphatic heterocycles. The molecule has 0 bridgehead atoms. The van der Waals surface area contributed by atoms with Crippen LogP contribution < -0.4 is 0 Å². The molecule has 0 spiro atoms. The third-order valence-electron chi connectivity index (χ3n) is 6.04. The first-order chi connectivity index (χ1) is 15.3. The quantitative estimate of drug-likeness (QED) is 0.641. The van der Waals surface area contributed by atoms with Crippen molar-refractivity contribution in [2.24, 2.45) is 0 Å². The van der Waals surface area contributed by atoms with Crippen LogP contribution in [-0.2, 0) is 14.6 Å². The molecule has 2 aliphatic rings. The van der Waals surface area contributed by atoms with Gasteiger partial charge in [-0.3, -0.25) is 9.59 Å². The first-order valence-electron chi connectivity index (χ1n) is 10.6. The fraction of sp³-hybridized carbons (Fsp3) is 0.435. The molecule has 4 rings (SSSR count). The Balaban J connectivity index is 1.32. The largest absolute Gasteiger partial charge is 0.336 e. The molecule has 32 heavy (non-hydrogen) atoms. The summed E-state index contributed by atoms with van der Waals surface area (Å²) in [6.45, 7) is 1.21. The van der Waals surface area contributed by atoms with E-state index in [9.17, 15) is 18.0 Å². The number of carbonyl (C=O) groups excluding carboxylic acids is 2. The predicted molar refractivity (Wildman–Crippen MR) is 123 cm³/mol. The van der Waals surface area contributed by atoms with Crippen molar-refractivity contribution in [3.8, 4) is 11.8 Å². The van der Waals surface area contributed by atoms with Gasteiger partial charge in [-0.25, -0.2) is 13.4 Å². The van der Waals surface area contributed by atoms with Gasteiger partial charge in [0.2, 0.25) is 0 Å². The monoisotopic (exact) mass is 471 g/mol. The second-order valence-electron chi connectivity index (χ2n) is 8.23. The predicted octanol–water partition coefficient (Wildman–Crippen LogP) is 2.16. The molecule has 7 nitrogen and oxygen atoms in total. The standard InChI is InChI=1S/C23H25N3O4S2/c1-25(19-11-14-32(29,30)16-19)23(28)20-15-31-22(24-20)18-9-12-26(13-10-18)21(27)8-7-17-5-3-2-4-6-17/h2-6,15,18-19H,9-14,16H2,1H3. The second-order valence-corrected chi connectivity index (χ2v) is 11.3. The molecule has 2 fully saturated rings. The summed E-state index contributed by atoms with van der Waals surface area (Å²) in [7, 11) is -1.41. The number of amides is 2. The van der Waals surface area contributed by atoms with Crippen molar-refractivity contribution in [2.45, 2.75) is 31.2 Å². The first kappa shape index (κ1) is 22.5. The number of thiazole rings is 1. The number of piperidine rings is 1. The molecular weight excluding hydrogens is 446 g/mol. The van der Waals surface area contributed by atoms with Crippen molar-refractivity contribution in [1.82, 2.24) is 14.8 Å². The van der Waals surface area contributed by atoms with E-state index in [0.29, 0.717) is 25.2 Å². The Bertz CT molecular complexity index is 1160. The minimum absolute atomic E-state index is 0.0197. The number of hydrogen-bond donors (Lipinski definition) is 0. The molecule has 0 radical (unpaired) electrons. The molecule has 1 unspecified atom stereocenters. The lowest BCUT2D eigenvalue weighted by molar-refractivity contribution is -0.126. The van der Waals surface area contributed by atoms with Gasteiger partial charge in [0.25, 0.3) is 11.8 Å². The highest BCUT2D eigenvalue weighted by atomic mass is 32.2. The molecule has 0 saturated carbocycles. The van der Waals surface area contributed by atoms with Crippen molar-refractivity contribution < 1.29 is 18.0 Å². The van der Waals surface area contributed by atoms with Crippen LogP contribution in [0.5, 0.6) is 0 Å². The number of hydrogen-bond acceptors (Lipinski definition) is 6. The van der Waals surface area contributed by atoms with Crippen LogP contribution in [-0.4, -0.2) is 72.7 Å². The molecule has 0 N–H and O–H groups in total. The maximum absolute atomic E-state index is 12.8. The molecule has 2 aromatic rings. The Labute approximate surface area is 192 Å². The van der Waals surface area contributed by atoms with Gasteiger partial charge >= 0.3 is 0 Å². The molecule has 1 atom stereocenters. The number of carbonyl (C=O) groups is 2. The van der Waals surface area contributed by atoms with Crippen molar-refractivity contribution in [2.75, 3.05) is 31.6 Å². The summed E-state index contributed by atoms with van der Waals surface area (Å²) in [6, 6.07) is 9.14. The number of rotatable bonds is 3. The summed E-state index contributed by atoms with van der Waals surface area (Å²) in [5, 5.41) is 2.64. The highest BCUT2D eigenvalue weighted by Crippen LogP contribution is 2.31. The minimum atomic E-state index is -3.05. The number of benzene rings is 1. The summed E-state index contributed by atoms with van der Waals surface area (Å²) in [4.78, 5) is 33.0. The van der Waals surface area contributed by atoms with Gasteiger partial charge < -0.3 is 9.80 Å². The van der Waals surface area contributed by atoms with Crippen LogP contribution in [0.3, 0.4) is 0 Å². The van der Waals surface area contributed by atoms with E-state index in [1.165, 1.54) is 16.2 Å². The van der Waals surface area contributed by atoms with Crippen molar-refractivity contribution in [1.29, 1.82) is 0 Å². The van der Waals surface area contributed by atoms with Crippen molar-refractivity contribution in [3.63, 3.8) is 0 Å². The highest BCUT2D eigenvalue weighted by Gasteiger charge is 2.34. The molecule has 2 amide bonds. The van der Waals surface area contributed by atoms with Gasteiger partial charge in [0.05, 0.1) is 16.5 Å². The Morgan fingerprint density at radius 2 is 1.88 bits per heavy atom. The fourth-order valence-electron chi connectivity index (χ4n) is 4.06. The van der Waals surface area contributed by atoms with Crippen molar-refractivity contribution in [3.05, 3.63) is 52.0 Å². The number of sulfone groups is 1. The van der Waals surface area contributed by atoms with Gasteiger partial charge in [0.1, 0.15) is 5.69 Å². The number of aromatic nitrogens is 1. The summed E-state index contributed by atoms with van der Waals surface area (Å²) in [6.07, 6.45) is 2.02. The van der Waals surface area contributed by atoms with E-state index >= 15 is 0 Å². The van der Waals surface area contributed by atoms with Gasteiger partial charge in [-0.2, -0.15) is 0 Å². The average molecular weight is 472 g/mol. The maximum Gasteiger partial charge on any atom is 0.298 e. The Hall–Kier alpha value is -2.70. The zero-order valence-electron chi connectivity index (χ0n) is 17.9. The molecule has 168 valence electrons. The van der Waals surface area contributed by atoms with Crippen LogP contribution in [0, 0.1) is 11.8 Å². The SMILES string of the molecule is CN(C(=O)c1csc(C2CCN(C(=O)C#Cc3ccccc3)CC2)n1)C1CCS(=O)(=O)C1. The van der Waals surface area contributed by atoms with E-state index in [0.717, 1.165) is 23.4 Å². The summed E-state index contributed by atoms with van der Waals surface area (Å²) in [5.74, 6) is 5.57. The third kappa shape index (κ3) is 5.19. The lowest BCUT2D eigenvalue weighted by Gasteiger charge is -2.29. The van der Waals surface area contributed by atoms with Gasteiger partial charge in [-0.05, 0) is 31.4 Å². The van der Waals surface area contributed by atoms with Gasteiger partial charge in [-0.15, -0.1) is 11.3 Å². The Kier molecular flexibility index (Phi) is 6.63. The van der Waals surface area contributed by atoms with E-state index in [4.69, 9.17) is 0 Å². The Morgan fingerprint density at radius 3 is 2.53 bits per heavy atom. The topological polar surface area (TPSA) is 87.7 Å². The number of likely N-dealkylation sites (tertiary alicyclic amines) is 1. The van der Waals surface area contributed by atoms with Crippen LogP contribution in [0.25, 0.3) is 0 Å². The molecule has 1 aromatic carbocycles. The second kappa shape index (κ2) is 9.43. The fourth-order valence-corrected chi connectivity index (χ4v) is 6.80. The zero-order valence-corrected chi connectivity index (χ0v) is 19.5. The van der Waals surface area contributed by atoms with E-state index in [1.807, 2.05) is 30.3 Å². The lowest BCUT2D eigenvalue weighted by Crippen LogP contribution is -2.38. The maximum atomic E-state index is 12.8. The van der Waals surface area contributed by atoms with Crippen LogP contribution in [0.15, 0.2) is 35.7 Å². The summed E-state index contributed by atoms with van der Waals surface area (Å²) >= 11 is 1.45. The van der Waals surface area contributed by atoms with Crippen LogP contribution >= 0.6 is 11.3 Å². The van der Waals surface area contributed by atoms with Gasteiger partial charge in [0, 0.05) is 49.0 Å². The molecule has 9 heteroatoms. The lowest BCUT2D eigenvalue weighted by atomic mass is 9.97. The molecule has 3 heterocycles. The van der Waals surface area contributed by atoms with Gasteiger partial charge in [-0.1, -0.05) is 24.1 Å². The molecular formula is C23H25N3O4S2. The molecule has 0 aliphatic carbocycles. The Morgan fingerprint density at radius 1 is 1.16 bits per heavy atom. The first-order valence-corrected chi connectivity index (χ1v) is 13.3. The number of nitrogens with zero attached hydrogens (tertiary/aromatic N) is 3. The summed E-state index contributed by atoms with van der Waals surface area (Å²) in [5.41, 5.74) is 1.18. The van der Waals surface area contributed by atoms with E-state index in [1.54, 1.807) is 17.3 Å². The van der Waals surface area contributed by atoms with Crippen molar-refractivity contribution >= 4 is 33.0 Å². The molecule has 2 saturated heterocycles. The van der Waals surface area contributed by atoms with E-state index in [-0.39, 0.29) is 35.3 Å². The van der Waals surface area contributed by atoms with Crippen LogP contribution in [0.2, 0.25) is 0 Å². The zero-order chi connectivity index (χ0) is 22.7. The minimum Gasteiger partial charge on any atom is -0.336 e. The van der Waals surface area contributed by atoms with E-state index < -0.39 is 9.84 Å². The van der Waals surface area contributed by atoms with Crippen LogP contribution in [0.1, 0.15) is 46.2 Å². The molecule has 1 aromatic heterocycles.